The van der Waals surface area contributed by atoms with Crippen LogP contribution >= 0.6 is 34.2 Å². The zero-order valence-corrected chi connectivity index (χ0v) is 14.7. The number of amides is 1. The van der Waals surface area contributed by atoms with Gasteiger partial charge in [-0.15, -0.1) is 0 Å². The van der Waals surface area contributed by atoms with Gasteiger partial charge in [-0.2, -0.15) is 0 Å². The van der Waals surface area contributed by atoms with E-state index in [0.717, 1.165) is 15.0 Å². The predicted molar refractivity (Wildman–Crippen MR) is 96.7 cm³/mol. The van der Waals surface area contributed by atoms with E-state index in [1.165, 1.54) is 0 Å². The van der Waals surface area contributed by atoms with Crippen molar-refractivity contribution in [3.63, 3.8) is 0 Å². The molecule has 0 aliphatic carbocycles. The van der Waals surface area contributed by atoms with Crippen LogP contribution in [0.15, 0.2) is 42.6 Å². The number of hydrogen-bond acceptors (Lipinski definition) is 2. The molecule has 112 valence electrons. The van der Waals surface area contributed by atoms with E-state index < -0.39 is 0 Å². The van der Waals surface area contributed by atoms with Crippen molar-refractivity contribution in [2.75, 3.05) is 5.32 Å². The van der Waals surface area contributed by atoms with Gasteiger partial charge in [-0.25, -0.2) is 4.98 Å². The van der Waals surface area contributed by atoms with Crippen molar-refractivity contribution in [1.82, 2.24) is 9.38 Å². The molecule has 6 heteroatoms. The van der Waals surface area contributed by atoms with Gasteiger partial charge in [0.25, 0.3) is 5.91 Å². The van der Waals surface area contributed by atoms with Crippen molar-refractivity contribution in [3.8, 4) is 0 Å². The highest BCUT2D eigenvalue weighted by Crippen LogP contribution is 2.19. The van der Waals surface area contributed by atoms with E-state index in [9.17, 15) is 4.79 Å². The minimum atomic E-state index is -0.187. The molecule has 1 aromatic carbocycles. The number of anilines is 1. The van der Waals surface area contributed by atoms with Crippen LogP contribution in [0.3, 0.4) is 0 Å². The Hall–Kier alpha value is -1.60. The van der Waals surface area contributed by atoms with Gasteiger partial charge in [0.1, 0.15) is 11.3 Å². The molecule has 0 atom stereocenters. The van der Waals surface area contributed by atoms with Gasteiger partial charge >= 0.3 is 0 Å². The monoisotopic (exact) mass is 425 g/mol. The Balaban J connectivity index is 2.02. The maximum atomic E-state index is 12.6. The molecule has 0 spiro atoms. The maximum absolute atomic E-state index is 12.6. The first-order valence-electron chi connectivity index (χ1n) is 6.82. The molecule has 0 aliphatic rings. The molecule has 3 aromatic rings. The number of carbonyl (C=O) groups excluding carboxylic acids is 1. The summed E-state index contributed by atoms with van der Waals surface area (Å²) in [4.78, 5) is 17.1. The highest BCUT2D eigenvalue weighted by molar-refractivity contribution is 14.1. The molecule has 2 heterocycles. The molecule has 0 saturated heterocycles. The maximum Gasteiger partial charge on any atom is 0.274 e. The number of halogens is 2. The van der Waals surface area contributed by atoms with Crippen molar-refractivity contribution in [2.24, 2.45) is 0 Å². The van der Waals surface area contributed by atoms with E-state index in [4.69, 9.17) is 11.6 Å². The summed E-state index contributed by atoms with van der Waals surface area (Å²) in [6, 6.07) is 11.2. The topological polar surface area (TPSA) is 46.4 Å². The number of rotatable bonds is 3. The second kappa shape index (κ2) is 6.26. The summed E-state index contributed by atoms with van der Waals surface area (Å²) < 4.78 is 2.86. The molecule has 0 saturated carbocycles. The number of nitrogens with zero attached hydrogens (tertiary/aromatic N) is 2. The predicted octanol–water partition coefficient (Wildman–Crippen LogP) is 4.41. The van der Waals surface area contributed by atoms with Crippen LogP contribution in [0.5, 0.6) is 0 Å². The van der Waals surface area contributed by atoms with Crippen LogP contribution in [0.25, 0.3) is 5.65 Å². The molecule has 0 unspecified atom stereocenters. The lowest BCUT2D eigenvalue weighted by Crippen LogP contribution is -2.16. The fourth-order valence-electron chi connectivity index (χ4n) is 2.28. The number of benzene rings is 1. The van der Waals surface area contributed by atoms with Crippen molar-refractivity contribution in [2.45, 2.75) is 13.3 Å². The molecule has 0 aliphatic heterocycles. The molecule has 1 amide bonds. The molecular weight excluding hydrogens is 413 g/mol. The molecule has 1 N–H and O–H groups in total. The highest BCUT2D eigenvalue weighted by atomic mass is 127. The van der Waals surface area contributed by atoms with Crippen molar-refractivity contribution < 1.29 is 4.79 Å². The van der Waals surface area contributed by atoms with Crippen molar-refractivity contribution in [3.05, 3.63) is 62.6 Å². The normalized spacial score (nSPS) is 10.9. The van der Waals surface area contributed by atoms with Crippen LogP contribution in [0.4, 0.5) is 5.69 Å². The number of pyridine rings is 1. The Kier molecular flexibility index (Phi) is 4.35. The average molecular weight is 426 g/mol. The van der Waals surface area contributed by atoms with Crippen LogP contribution in [0.2, 0.25) is 5.02 Å². The number of nitrogens with one attached hydrogen (secondary N) is 1. The molecule has 0 radical (unpaired) electrons. The van der Waals surface area contributed by atoms with E-state index in [2.05, 4.69) is 32.9 Å². The van der Waals surface area contributed by atoms with Gasteiger partial charge < -0.3 is 5.32 Å². The zero-order valence-electron chi connectivity index (χ0n) is 11.8. The first-order chi connectivity index (χ1) is 10.6. The fourth-order valence-corrected chi connectivity index (χ4v) is 2.80. The van der Waals surface area contributed by atoms with Crippen molar-refractivity contribution >= 4 is 51.4 Å². The Labute approximate surface area is 146 Å². The largest absolute Gasteiger partial charge is 0.321 e. The lowest BCUT2D eigenvalue weighted by atomic mass is 10.2. The zero-order chi connectivity index (χ0) is 15.7. The second-order valence-corrected chi connectivity index (χ2v) is 6.48. The summed E-state index contributed by atoms with van der Waals surface area (Å²) in [6.45, 7) is 1.98. The summed E-state index contributed by atoms with van der Waals surface area (Å²) in [5.74, 6) is -0.187. The van der Waals surface area contributed by atoms with Crippen LogP contribution < -0.4 is 5.32 Å². The number of hydrogen-bond donors (Lipinski definition) is 1. The van der Waals surface area contributed by atoms with Crippen LogP contribution in [0.1, 0.15) is 23.1 Å². The minimum Gasteiger partial charge on any atom is -0.321 e. The summed E-state index contributed by atoms with van der Waals surface area (Å²) in [6.07, 6.45) is 2.39. The molecule has 2 aromatic heterocycles. The Morgan fingerprint density at radius 3 is 2.68 bits per heavy atom. The smallest absolute Gasteiger partial charge is 0.274 e. The Bertz CT molecular complexity index is 842. The quantitative estimate of drug-likeness (QED) is 0.632. The molecule has 0 bridgehead atoms. The fraction of sp³-hybridized carbons (Fsp3) is 0.125. The average Bonchev–Trinajstić information content (AvgIpc) is 2.87. The molecular formula is C16H13ClIN3O. The standard InChI is InChI=1S/C16H13ClIN3O/c1-2-13-15(21-9-10(17)3-8-14(21)20-13)16(22)19-12-6-4-11(18)5-7-12/h3-9H,2H2,1H3,(H,19,22). The van der Waals surface area contributed by atoms with E-state index in [0.29, 0.717) is 22.8 Å². The van der Waals surface area contributed by atoms with Gasteiger partial charge in [-0.1, -0.05) is 18.5 Å². The third-order valence-corrected chi connectivity index (χ3v) is 4.25. The summed E-state index contributed by atoms with van der Waals surface area (Å²) in [5.41, 5.74) is 2.75. The number of imidazole rings is 1. The lowest BCUT2D eigenvalue weighted by molar-refractivity contribution is 0.102. The highest BCUT2D eigenvalue weighted by Gasteiger charge is 2.18. The van der Waals surface area contributed by atoms with Crippen LogP contribution in [-0.4, -0.2) is 15.3 Å². The molecule has 4 nitrogen and oxygen atoms in total. The third-order valence-electron chi connectivity index (χ3n) is 3.31. The minimum absolute atomic E-state index is 0.187. The molecule has 3 rings (SSSR count). The number of carbonyl (C=O) groups is 1. The Morgan fingerprint density at radius 2 is 2.00 bits per heavy atom. The summed E-state index contributed by atoms with van der Waals surface area (Å²) in [7, 11) is 0. The van der Waals surface area contributed by atoms with Gasteiger partial charge in [0, 0.05) is 15.5 Å². The SMILES string of the molecule is CCc1nc2ccc(Cl)cn2c1C(=O)Nc1ccc(I)cc1. The van der Waals surface area contributed by atoms with Gasteiger partial charge in [-0.3, -0.25) is 9.20 Å². The molecule has 22 heavy (non-hydrogen) atoms. The van der Waals surface area contributed by atoms with Gasteiger partial charge in [0.05, 0.1) is 10.7 Å². The first kappa shape index (κ1) is 15.3. The van der Waals surface area contributed by atoms with E-state index in [-0.39, 0.29) is 5.91 Å². The number of fused-ring (bicyclic) bond motifs is 1. The summed E-state index contributed by atoms with van der Waals surface area (Å²) >= 11 is 8.27. The lowest BCUT2D eigenvalue weighted by Gasteiger charge is -2.07. The number of aromatic nitrogens is 2. The molecule has 0 fully saturated rings. The van der Waals surface area contributed by atoms with Gasteiger partial charge in [-0.05, 0) is 65.4 Å². The van der Waals surface area contributed by atoms with E-state index >= 15 is 0 Å². The van der Waals surface area contributed by atoms with Gasteiger partial charge in [0.15, 0.2) is 0 Å². The Morgan fingerprint density at radius 1 is 1.27 bits per heavy atom. The first-order valence-corrected chi connectivity index (χ1v) is 8.27. The van der Waals surface area contributed by atoms with Crippen LogP contribution in [-0.2, 0) is 6.42 Å². The van der Waals surface area contributed by atoms with E-state index in [1.54, 1.807) is 16.7 Å². The number of aryl methyl sites for hydroxylation is 1. The van der Waals surface area contributed by atoms with Crippen LogP contribution in [0, 0.1) is 3.57 Å². The third kappa shape index (κ3) is 2.96. The summed E-state index contributed by atoms with van der Waals surface area (Å²) in [5, 5.41) is 3.48. The van der Waals surface area contributed by atoms with Gasteiger partial charge in [0.2, 0.25) is 0 Å². The second-order valence-electron chi connectivity index (χ2n) is 4.80. The van der Waals surface area contributed by atoms with Crippen molar-refractivity contribution in [1.29, 1.82) is 0 Å². The van der Waals surface area contributed by atoms with E-state index in [1.807, 2.05) is 37.3 Å².